The van der Waals surface area contributed by atoms with Crippen LogP contribution in [0.15, 0.2) is 0 Å². The molecule has 1 fully saturated rings. The molecular formula is C24H45NO7. The van der Waals surface area contributed by atoms with Gasteiger partial charge in [-0.25, -0.2) is 0 Å². The molecule has 32 heavy (non-hydrogen) atoms. The molecule has 0 radical (unpaired) electrons. The van der Waals surface area contributed by atoms with Gasteiger partial charge in [0, 0.05) is 13.3 Å². The van der Waals surface area contributed by atoms with Gasteiger partial charge in [0.1, 0.15) is 31.0 Å². The molecule has 0 spiro atoms. The quantitative estimate of drug-likeness (QED) is 0.195. The lowest BCUT2D eigenvalue weighted by atomic mass is 9.97. The van der Waals surface area contributed by atoms with Crippen molar-refractivity contribution in [2.75, 3.05) is 6.61 Å². The molecule has 0 aromatic heterocycles. The summed E-state index contributed by atoms with van der Waals surface area (Å²) in [5.74, 6) is -0.858. The van der Waals surface area contributed by atoms with Gasteiger partial charge in [-0.15, -0.1) is 0 Å². The summed E-state index contributed by atoms with van der Waals surface area (Å²) in [5.41, 5.74) is 0. The van der Waals surface area contributed by atoms with E-state index in [4.69, 9.17) is 9.47 Å². The highest BCUT2D eigenvalue weighted by atomic mass is 16.6. The number of amides is 1. The topological polar surface area (TPSA) is 125 Å². The van der Waals surface area contributed by atoms with Crippen molar-refractivity contribution in [3.8, 4) is 0 Å². The molecule has 1 rings (SSSR count). The Labute approximate surface area is 193 Å². The van der Waals surface area contributed by atoms with Gasteiger partial charge in [0.15, 0.2) is 6.29 Å². The number of hydrogen-bond acceptors (Lipinski definition) is 7. The fraction of sp³-hybridized carbons (Fsp3) is 0.917. The Morgan fingerprint density at radius 2 is 1.31 bits per heavy atom. The van der Waals surface area contributed by atoms with Crippen LogP contribution in [0.4, 0.5) is 0 Å². The maximum Gasteiger partial charge on any atom is 0.305 e. The molecule has 0 aromatic carbocycles. The molecule has 1 aliphatic rings. The lowest BCUT2D eigenvalue weighted by Crippen LogP contribution is -2.64. The maximum atomic E-state index is 11.9. The minimum atomic E-state index is -1.50. The Morgan fingerprint density at radius 1 is 0.812 bits per heavy atom. The molecule has 0 aromatic rings. The van der Waals surface area contributed by atoms with E-state index in [-0.39, 0.29) is 6.61 Å². The number of nitrogens with one attached hydrogen (secondary N) is 1. The number of esters is 1. The van der Waals surface area contributed by atoms with E-state index in [1.54, 1.807) is 0 Å². The van der Waals surface area contributed by atoms with Crippen molar-refractivity contribution in [3.63, 3.8) is 0 Å². The monoisotopic (exact) mass is 459 g/mol. The van der Waals surface area contributed by atoms with Crippen molar-refractivity contribution in [2.45, 2.75) is 134 Å². The van der Waals surface area contributed by atoms with Crippen LogP contribution in [0.2, 0.25) is 0 Å². The Bertz CT molecular complexity index is 517. The second-order valence-electron chi connectivity index (χ2n) is 8.95. The van der Waals surface area contributed by atoms with Crippen LogP contribution in [0.3, 0.4) is 0 Å². The van der Waals surface area contributed by atoms with E-state index in [9.17, 15) is 24.9 Å². The van der Waals surface area contributed by atoms with Crippen molar-refractivity contribution in [2.24, 2.45) is 0 Å². The molecular weight excluding hydrogens is 414 g/mol. The molecule has 188 valence electrons. The summed E-state index contributed by atoms with van der Waals surface area (Å²) in [6.07, 6.45) is 10.9. The van der Waals surface area contributed by atoms with Crippen molar-refractivity contribution < 1.29 is 34.4 Å². The molecule has 0 aliphatic carbocycles. The maximum absolute atomic E-state index is 11.9. The van der Waals surface area contributed by atoms with E-state index >= 15 is 0 Å². The van der Waals surface area contributed by atoms with E-state index in [0.717, 1.165) is 19.3 Å². The number of carbonyl (C=O) groups excluding carboxylic acids is 2. The Balaban J connectivity index is 2.03. The van der Waals surface area contributed by atoms with Crippen LogP contribution in [0.5, 0.6) is 0 Å². The van der Waals surface area contributed by atoms with Gasteiger partial charge < -0.3 is 30.1 Å². The van der Waals surface area contributed by atoms with Gasteiger partial charge in [0.2, 0.25) is 5.91 Å². The molecule has 4 N–H and O–H groups in total. The highest BCUT2D eigenvalue weighted by molar-refractivity contribution is 5.73. The first kappa shape index (κ1) is 28.8. The second kappa shape index (κ2) is 17.3. The minimum Gasteiger partial charge on any atom is -0.463 e. The summed E-state index contributed by atoms with van der Waals surface area (Å²) in [6, 6.07) is -1.14. The Hall–Kier alpha value is -1.22. The van der Waals surface area contributed by atoms with Gasteiger partial charge in [-0.1, -0.05) is 84.0 Å². The van der Waals surface area contributed by atoms with Crippen LogP contribution in [0.1, 0.15) is 104 Å². The highest BCUT2D eigenvalue weighted by Crippen LogP contribution is 2.21. The lowest BCUT2D eigenvalue weighted by Gasteiger charge is -2.40. The smallest absolute Gasteiger partial charge is 0.305 e. The number of carbonyl (C=O) groups is 2. The fourth-order valence-corrected chi connectivity index (χ4v) is 4.01. The molecule has 1 amide bonds. The number of ether oxygens (including phenoxy) is 2. The Kier molecular flexibility index (Phi) is 15.6. The molecule has 0 saturated carbocycles. The molecule has 8 nitrogen and oxygen atoms in total. The van der Waals surface area contributed by atoms with Crippen molar-refractivity contribution in [1.82, 2.24) is 5.32 Å². The highest BCUT2D eigenvalue weighted by Gasteiger charge is 2.44. The zero-order chi connectivity index (χ0) is 23.8. The van der Waals surface area contributed by atoms with Gasteiger partial charge >= 0.3 is 5.97 Å². The predicted molar refractivity (Wildman–Crippen MR) is 122 cm³/mol. The average Bonchev–Trinajstić information content (AvgIpc) is 2.75. The van der Waals surface area contributed by atoms with Crippen LogP contribution in [0.25, 0.3) is 0 Å². The third-order valence-electron chi connectivity index (χ3n) is 5.98. The number of aliphatic hydroxyl groups is 3. The van der Waals surface area contributed by atoms with E-state index in [1.807, 2.05) is 0 Å². The number of aliphatic hydroxyl groups excluding tert-OH is 3. The summed E-state index contributed by atoms with van der Waals surface area (Å²) in [4.78, 5) is 23.1. The zero-order valence-corrected chi connectivity index (χ0v) is 20.0. The van der Waals surface area contributed by atoms with Crippen LogP contribution in [-0.4, -0.2) is 64.4 Å². The third-order valence-corrected chi connectivity index (χ3v) is 5.98. The van der Waals surface area contributed by atoms with Crippen LogP contribution < -0.4 is 5.32 Å². The standard InChI is InChI=1S/C24H45NO7/c1-3-4-5-6-7-8-9-10-11-12-13-14-15-16-20(27)31-17-19-22(28)23(29)21(24(30)32-19)25-18(2)26/h19,21-24,28-30H,3-17H2,1-2H3,(H,25,26)/t19-,21-,22-,23-,24?/m1/s1. The van der Waals surface area contributed by atoms with E-state index < -0.39 is 42.5 Å². The summed E-state index contributed by atoms with van der Waals surface area (Å²) in [7, 11) is 0. The lowest BCUT2D eigenvalue weighted by molar-refractivity contribution is -0.255. The van der Waals surface area contributed by atoms with Gasteiger partial charge in [-0.05, 0) is 6.42 Å². The molecule has 1 saturated heterocycles. The van der Waals surface area contributed by atoms with Crippen molar-refractivity contribution in [3.05, 3.63) is 0 Å². The summed E-state index contributed by atoms with van der Waals surface area (Å²) >= 11 is 0. The predicted octanol–water partition coefficient (Wildman–Crippen LogP) is 2.95. The molecule has 0 bridgehead atoms. The van der Waals surface area contributed by atoms with Gasteiger partial charge in [-0.2, -0.15) is 0 Å². The van der Waals surface area contributed by atoms with Gasteiger partial charge in [0.25, 0.3) is 0 Å². The van der Waals surface area contributed by atoms with Crippen LogP contribution in [-0.2, 0) is 19.1 Å². The fourth-order valence-electron chi connectivity index (χ4n) is 4.01. The molecule has 5 atom stereocenters. The van der Waals surface area contributed by atoms with E-state index in [1.165, 1.54) is 71.1 Å². The molecule has 1 heterocycles. The zero-order valence-electron chi connectivity index (χ0n) is 20.0. The molecule has 1 unspecified atom stereocenters. The van der Waals surface area contributed by atoms with Gasteiger partial charge in [-0.3, -0.25) is 9.59 Å². The van der Waals surface area contributed by atoms with Crippen molar-refractivity contribution >= 4 is 11.9 Å². The van der Waals surface area contributed by atoms with Crippen LogP contribution >= 0.6 is 0 Å². The van der Waals surface area contributed by atoms with Crippen molar-refractivity contribution in [1.29, 1.82) is 0 Å². The number of unbranched alkanes of at least 4 members (excludes halogenated alkanes) is 12. The first-order valence-electron chi connectivity index (χ1n) is 12.5. The minimum absolute atomic E-state index is 0.265. The largest absolute Gasteiger partial charge is 0.463 e. The SMILES string of the molecule is CCCCCCCCCCCCCCCC(=O)OC[C@H]1OC(O)[C@H](NC(C)=O)[C@@H](O)[C@@H]1O. The van der Waals surface area contributed by atoms with E-state index in [2.05, 4.69) is 12.2 Å². The number of hydrogen-bond donors (Lipinski definition) is 4. The summed E-state index contributed by atoms with van der Waals surface area (Å²) < 4.78 is 10.3. The summed E-state index contributed by atoms with van der Waals surface area (Å²) in [6.45, 7) is 3.21. The first-order valence-corrected chi connectivity index (χ1v) is 12.5. The van der Waals surface area contributed by atoms with Crippen LogP contribution in [0, 0.1) is 0 Å². The molecule has 8 heteroatoms. The second-order valence-corrected chi connectivity index (χ2v) is 8.95. The Morgan fingerprint density at radius 3 is 1.81 bits per heavy atom. The number of rotatable bonds is 17. The average molecular weight is 460 g/mol. The molecule has 1 aliphatic heterocycles. The first-order chi connectivity index (χ1) is 15.4. The van der Waals surface area contributed by atoms with Gasteiger partial charge in [0.05, 0.1) is 0 Å². The van der Waals surface area contributed by atoms with E-state index in [0.29, 0.717) is 6.42 Å². The summed E-state index contributed by atoms with van der Waals surface area (Å²) in [5, 5.41) is 32.5. The third kappa shape index (κ3) is 12.1. The normalized spacial score (nSPS) is 25.5.